The van der Waals surface area contributed by atoms with Crippen molar-refractivity contribution in [3.8, 4) is 11.4 Å². The van der Waals surface area contributed by atoms with Gasteiger partial charge in [0.2, 0.25) is 0 Å². The Hall–Kier alpha value is -3.42. The number of nitrogens with zero attached hydrogens (tertiary/aromatic N) is 4. The highest BCUT2D eigenvalue weighted by Crippen LogP contribution is 2.21. The molecule has 2 amide bonds. The number of nitrogens with one attached hydrogen (secondary N) is 3. The number of hydrogen-bond donors (Lipinski definition) is 3. The minimum absolute atomic E-state index is 0.260. The summed E-state index contributed by atoms with van der Waals surface area (Å²) < 4.78 is 0. The van der Waals surface area contributed by atoms with Crippen LogP contribution in [0, 0.1) is 0 Å². The summed E-state index contributed by atoms with van der Waals surface area (Å²) in [6, 6.07) is 11.4. The summed E-state index contributed by atoms with van der Waals surface area (Å²) in [5, 5.41) is 12.7. The van der Waals surface area contributed by atoms with Gasteiger partial charge in [0.1, 0.15) is 5.82 Å². The van der Waals surface area contributed by atoms with E-state index in [1.54, 1.807) is 12.4 Å². The maximum Gasteiger partial charge on any atom is 0.319 e. The largest absolute Gasteiger partial charge is 0.372 e. The number of pyridine rings is 1. The van der Waals surface area contributed by atoms with Gasteiger partial charge in [-0.2, -0.15) is 5.10 Å². The first-order valence-corrected chi connectivity index (χ1v) is 9.99. The molecule has 8 nitrogen and oxygen atoms in total. The fourth-order valence-electron chi connectivity index (χ4n) is 3.43. The lowest BCUT2D eigenvalue weighted by Crippen LogP contribution is -2.28. The van der Waals surface area contributed by atoms with Crippen LogP contribution in [0.25, 0.3) is 11.4 Å². The van der Waals surface area contributed by atoms with Crippen LogP contribution in [0.4, 0.5) is 16.2 Å². The van der Waals surface area contributed by atoms with Gasteiger partial charge in [-0.05, 0) is 49.2 Å². The van der Waals surface area contributed by atoms with E-state index in [9.17, 15) is 4.79 Å². The Morgan fingerprint density at radius 3 is 2.45 bits per heavy atom. The fraction of sp³-hybridized carbons (Fsp3) is 0.333. The van der Waals surface area contributed by atoms with Gasteiger partial charge >= 0.3 is 6.03 Å². The Kier molecular flexibility index (Phi) is 5.99. The van der Waals surface area contributed by atoms with Gasteiger partial charge in [-0.25, -0.2) is 9.78 Å². The molecule has 0 unspecified atom stereocenters. The van der Waals surface area contributed by atoms with Crippen molar-refractivity contribution >= 4 is 17.4 Å². The number of urea groups is 1. The molecule has 150 valence electrons. The van der Waals surface area contributed by atoms with Crippen molar-refractivity contribution in [3.05, 3.63) is 54.6 Å². The van der Waals surface area contributed by atoms with Gasteiger partial charge < -0.3 is 15.5 Å². The third-order valence-electron chi connectivity index (χ3n) is 4.98. The van der Waals surface area contributed by atoms with Gasteiger partial charge in [0, 0.05) is 42.4 Å². The summed E-state index contributed by atoms with van der Waals surface area (Å²) in [6.07, 6.45) is 8.49. The Morgan fingerprint density at radius 1 is 1.00 bits per heavy atom. The van der Waals surface area contributed by atoms with Gasteiger partial charge in [-0.15, -0.1) is 0 Å². The zero-order valence-corrected chi connectivity index (χ0v) is 16.3. The molecule has 0 aliphatic carbocycles. The van der Waals surface area contributed by atoms with E-state index < -0.39 is 0 Å². The second-order valence-electron chi connectivity index (χ2n) is 7.10. The predicted molar refractivity (Wildman–Crippen MR) is 113 cm³/mol. The zero-order valence-electron chi connectivity index (χ0n) is 16.3. The van der Waals surface area contributed by atoms with Crippen LogP contribution < -0.4 is 15.5 Å². The monoisotopic (exact) mass is 391 g/mol. The number of aromatic amines is 1. The van der Waals surface area contributed by atoms with Crippen molar-refractivity contribution in [2.45, 2.75) is 32.2 Å². The maximum absolute atomic E-state index is 12.2. The van der Waals surface area contributed by atoms with Crippen LogP contribution in [0.2, 0.25) is 0 Å². The molecule has 29 heavy (non-hydrogen) atoms. The van der Waals surface area contributed by atoms with Crippen molar-refractivity contribution < 1.29 is 4.79 Å². The van der Waals surface area contributed by atoms with E-state index in [0.717, 1.165) is 24.3 Å². The number of carbonyl (C=O) groups is 1. The van der Waals surface area contributed by atoms with Crippen molar-refractivity contribution in [2.75, 3.05) is 23.3 Å². The van der Waals surface area contributed by atoms with Gasteiger partial charge in [0.15, 0.2) is 5.82 Å². The third-order valence-corrected chi connectivity index (χ3v) is 4.98. The molecule has 1 saturated heterocycles. The number of hydrogen-bond acceptors (Lipinski definition) is 5. The first-order valence-electron chi connectivity index (χ1n) is 9.99. The third kappa shape index (κ3) is 5.10. The maximum atomic E-state index is 12.2. The number of carbonyl (C=O) groups excluding carboxylic acids is 1. The van der Waals surface area contributed by atoms with Crippen molar-refractivity contribution in [2.24, 2.45) is 0 Å². The van der Waals surface area contributed by atoms with E-state index in [1.807, 2.05) is 24.3 Å². The average Bonchev–Trinajstić information content (AvgIpc) is 3.07. The van der Waals surface area contributed by atoms with Crippen LogP contribution in [-0.2, 0) is 6.54 Å². The van der Waals surface area contributed by atoms with Crippen LogP contribution in [0.3, 0.4) is 0 Å². The first-order chi connectivity index (χ1) is 14.3. The quantitative estimate of drug-likeness (QED) is 0.618. The predicted octanol–water partition coefficient (Wildman–Crippen LogP) is 3.57. The minimum Gasteiger partial charge on any atom is -0.372 e. The van der Waals surface area contributed by atoms with Gasteiger partial charge in [-0.1, -0.05) is 12.8 Å². The topological polar surface area (TPSA) is 98.8 Å². The molecule has 2 aromatic heterocycles. The zero-order chi connectivity index (χ0) is 19.9. The lowest BCUT2D eigenvalue weighted by atomic mass is 10.2. The van der Waals surface area contributed by atoms with E-state index in [-0.39, 0.29) is 12.6 Å². The molecule has 1 aromatic carbocycles. The summed E-state index contributed by atoms with van der Waals surface area (Å²) in [6.45, 7) is 2.47. The number of anilines is 2. The second kappa shape index (κ2) is 9.18. The van der Waals surface area contributed by atoms with Crippen molar-refractivity contribution in [1.29, 1.82) is 0 Å². The first kappa shape index (κ1) is 18.9. The molecule has 0 atom stereocenters. The minimum atomic E-state index is -0.283. The molecule has 3 N–H and O–H groups in total. The molecule has 1 aliphatic rings. The summed E-state index contributed by atoms with van der Waals surface area (Å²) in [7, 11) is 0. The standard InChI is InChI=1S/C21H25N7O/c29-21(23-15-19-25-20(27-26-19)16-9-11-22-12-10-16)24-17-5-7-18(8-6-17)28-13-3-1-2-4-14-28/h5-12H,1-4,13-15H2,(H2,23,24,29)(H,25,26,27). The molecule has 0 bridgehead atoms. The smallest absolute Gasteiger partial charge is 0.319 e. The van der Waals surface area contributed by atoms with Crippen LogP contribution in [0.5, 0.6) is 0 Å². The van der Waals surface area contributed by atoms with Crippen molar-refractivity contribution in [1.82, 2.24) is 25.5 Å². The summed E-state index contributed by atoms with van der Waals surface area (Å²) in [4.78, 5) is 23.0. The van der Waals surface area contributed by atoms with Gasteiger partial charge in [0.25, 0.3) is 0 Å². The Bertz CT molecular complexity index is 916. The molecule has 0 radical (unpaired) electrons. The molecular weight excluding hydrogens is 366 g/mol. The van der Waals surface area contributed by atoms with E-state index in [2.05, 4.69) is 47.8 Å². The number of benzene rings is 1. The number of aromatic nitrogens is 4. The molecule has 0 spiro atoms. The summed E-state index contributed by atoms with van der Waals surface area (Å²) in [5.41, 5.74) is 2.84. The van der Waals surface area contributed by atoms with Crippen LogP contribution >= 0.6 is 0 Å². The van der Waals surface area contributed by atoms with Crippen LogP contribution in [-0.4, -0.2) is 39.3 Å². The molecule has 1 fully saturated rings. The Labute approximate surface area is 169 Å². The van der Waals surface area contributed by atoms with Gasteiger partial charge in [-0.3, -0.25) is 10.1 Å². The molecule has 3 heterocycles. The number of rotatable bonds is 5. The Balaban J connectivity index is 1.28. The molecular formula is C21H25N7O. The Morgan fingerprint density at radius 2 is 1.72 bits per heavy atom. The molecule has 3 aromatic rings. The van der Waals surface area contributed by atoms with Crippen molar-refractivity contribution in [3.63, 3.8) is 0 Å². The lowest BCUT2D eigenvalue weighted by Gasteiger charge is -2.22. The highest BCUT2D eigenvalue weighted by Gasteiger charge is 2.11. The lowest BCUT2D eigenvalue weighted by molar-refractivity contribution is 0.251. The molecule has 8 heteroatoms. The number of amides is 2. The highest BCUT2D eigenvalue weighted by atomic mass is 16.2. The SMILES string of the molecule is O=C(NCc1nc(-c2ccncc2)n[nH]1)Nc1ccc(N2CCCCCC2)cc1. The average molecular weight is 391 g/mol. The van der Waals surface area contributed by atoms with E-state index >= 15 is 0 Å². The van der Waals surface area contributed by atoms with E-state index in [1.165, 1.54) is 31.4 Å². The number of H-pyrrole nitrogens is 1. The fourth-order valence-corrected chi connectivity index (χ4v) is 3.43. The van der Waals surface area contributed by atoms with E-state index in [0.29, 0.717) is 11.6 Å². The second-order valence-corrected chi connectivity index (χ2v) is 7.10. The molecule has 0 saturated carbocycles. The van der Waals surface area contributed by atoms with Crippen LogP contribution in [0.1, 0.15) is 31.5 Å². The molecule has 4 rings (SSSR count). The highest BCUT2D eigenvalue weighted by molar-refractivity contribution is 5.89. The van der Waals surface area contributed by atoms with E-state index in [4.69, 9.17) is 0 Å². The molecule has 1 aliphatic heterocycles. The normalized spacial score (nSPS) is 14.3. The summed E-state index contributed by atoms with van der Waals surface area (Å²) in [5.74, 6) is 1.16. The van der Waals surface area contributed by atoms with Crippen LogP contribution in [0.15, 0.2) is 48.8 Å². The van der Waals surface area contributed by atoms with Gasteiger partial charge in [0.05, 0.1) is 6.54 Å². The summed E-state index contributed by atoms with van der Waals surface area (Å²) >= 11 is 0.